The maximum absolute atomic E-state index is 8.70. The molecule has 0 nitrogen and oxygen atoms in total. The van der Waals surface area contributed by atoms with Crippen LogP contribution in [-0.2, 0) is 0 Å². The van der Waals surface area contributed by atoms with Gasteiger partial charge >= 0.3 is 0 Å². The van der Waals surface area contributed by atoms with Crippen molar-refractivity contribution >= 4 is 48.2 Å². The van der Waals surface area contributed by atoms with E-state index >= 15 is 0 Å². The average Bonchev–Trinajstić information content (AvgIpc) is 2.90. The molecule has 6 aromatic carbocycles. The molecule has 0 radical (unpaired) electrons. The van der Waals surface area contributed by atoms with Gasteiger partial charge in [-0.2, -0.15) is 0 Å². The Kier molecular flexibility index (Phi) is 3.28. The summed E-state index contributed by atoms with van der Waals surface area (Å²) in [4.78, 5) is 0. The lowest BCUT2D eigenvalue weighted by atomic mass is 9.85. The van der Waals surface area contributed by atoms with Crippen LogP contribution >= 0.6 is 15.9 Å². The first-order valence-electron chi connectivity index (χ1n) is 12.6. The molecule has 0 aliphatic carbocycles. The minimum absolute atomic E-state index is 0.197. The van der Waals surface area contributed by atoms with Gasteiger partial charge < -0.3 is 0 Å². The van der Waals surface area contributed by atoms with Crippen molar-refractivity contribution in [2.24, 2.45) is 0 Å². The van der Waals surface area contributed by atoms with E-state index in [0.717, 1.165) is 47.9 Å². The Morgan fingerprint density at radius 3 is 1.68 bits per heavy atom. The molecule has 6 aromatic rings. The largest absolute Gasteiger partial charge is 0.0629 e. The van der Waals surface area contributed by atoms with Gasteiger partial charge in [0.1, 0.15) is 0 Å². The molecule has 0 saturated heterocycles. The molecule has 0 aromatic heterocycles. The summed E-state index contributed by atoms with van der Waals surface area (Å²) < 4.78 is 43.0. The molecule has 0 aliphatic heterocycles. The van der Waals surface area contributed by atoms with Crippen LogP contribution in [0.2, 0.25) is 0 Å². The summed E-state index contributed by atoms with van der Waals surface area (Å²) in [6.45, 7) is 0. The molecule has 0 bridgehead atoms. The SMILES string of the molecule is [2H]c1c([2H])c([2H])c(-c2c3ccccc3c(-c3cc(Br)cc4ccccc34)c3ccccc23)c([2H])c1[2H]. The van der Waals surface area contributed by atoms with Crippen molar-refractivity contribution in [3.63, 3.8) is 0 Å². The van der Waals surface area contributed by atoms with E-state index in [1.165, 1.54) is 0 Å². The quantitative estimate of drug-likeness (QED) is 0.224. The first kappa shape index (κ1) is 13.8. The highest BCUT2D eigenvalue weighted by Crippen LogP contribution is 2.45. The lowest BCUT2D eigenvalue weighted by Crippen LogP contribution is -1.91. The Balaban J connectivity index is 1.87. The first-order chi connectivity index (χ1) is 17.4. The van der Waals surface area contributed by atoms with E-state index in [1.807, 2.05) is 60.7 Å². The van der Waals surface area contributed by atoms with Gasteiger partial charge in [-0.1, -0.05) is 119 Å². The van der Waals surface area contributed by atoms with Crippen LogP contribution in [0.4, 0.5) is 0 Å². The Bertz CT molecular complexity index is 1770. The van der Waals surface area contributed by atoms with Crippen molar-refractivity contribution in [3.05, 3.63) is 120 Å². The van der Waals surface area contributed by atoms with Crippen LogP contribution in [-0.4, -0.2) is 0 Å². The third-order valence-electron chi connectivity index (χ3n) is 5.78. The average molecular weight is 464 g/mol. The molecular formula is C30H19Br. The lowest BCUT2D eigenvalue weighted by Gasteiger charge is -2.19. The third-order valence-corrected chi connectivity index (χ3v) is 6.24. The fourth-order valence-electron chi connectivity index (χ4n) is 4.54. The molecule has 0 atom stereocenters. The summed E-state index contributed by atoms with van der Waals surface area (Å²) in [5.74, 6) is 0. The van der Waals surface area contributed by atoms with Crippen molar-refractivity contribution in [1.29, 1.82) is 0 Å². The zero-order chi connectivity index (χ0) is 25.1. The van der Waals surface area contributed by atoms with Crippen molar-refractivity contribution < 1.29 is 6.85 Å². The Labute approximate surface area is 196 Å². The predicted molar refractivity (Wildman–Crippen MR) is 138 cm³/mol. The second-order valence-corrected chi connectivity index (χ2v) is 8.43. The zero-order valence-corrected chi connectivity index (χ0v) is 18.0. The maximum atomic E-state index is 8.70. The van der Waals surface area contributed by atoms with Gasteiger partial charge in [-0.25, -0.2) is 0 Å². The fraction of sp³-hybridized carbons (Fsp3) is 0. The lowest BCUT2D eigenvalue weighted by molar-refractivity contribution is 1.65. The second-order valence-electron chi connectivity index (χ2n) is 7.52. The molecule has 0 unspecified atom stereocenters. The molecule has 0 spiro atoms. The van der Waals surface area contributed by atoms with Crippen LogP contribution in [0, 0.1) is 0 Å². The molecule has 146 valence electrons. The Morgan fingerprint density at radius 2 is 1.06 bits per heavy atom. The number of benzene rings is 6. The Morgan fingerprint density at radius 1 is 0.548 bits per heavy atom. The summed E-state index contributed by atoms with van der Waals surface area (Å²) in [6, 6.07) is 26.9. The topological polar surface area (TPSA) is 0 Å². The smallest absolute Gasteiger partial charge is 0.0622 e. The summed E-state index contributed by atoms with van der Waals surface area (Å²) in [6.07, 6.45) is 0. The molecule has 0 heterocycles. The first-order valence-corrected chi connectivity index (χ1v) is 10.9. The van der Waals surface area contributed by atoms with Gasteiger partial charge in [-0.15, -0.1) is 0 Å². The molecule has 31 heavy (non-hydrogen) atoms. The highest BCUT2D eigenvalue weighted by Gasteiger charge is 2.17. The molecule has 0 N–H and O–H groups in total. The van der Waals surface area contributed by atoms with E-state index in [4.69, 9.17) is 6.85 Å². The third kappa shape index (κ3) is 2.97. The molecule has 6 rings (SSSR count). The van der Waals surface area contributed by atoms with Gasteiger partial charge in [0.2, 0.25) is 0 Å². The fourth-order valence-corrected chi connectivity index (χ4v) is 5.02. The number of rotatable bonds is 2. The van der Waals surface area contributed by atoms with Crippen molar-refractivity contribution in [3.8, 4) is 22.3 Å². The maximum Gasteiger partial charge on any atom is 0.0629 e. The van der Waals surface area contributed by atoms with Gasteiger partial charge in [0, 0.05) is 4.47 Å². The molecule has 0 saturated carbocycles. The second kappa shape index (κ2) is 7.37. The summed E-state index contributed by atoms with van der Waals surface area (Å²) in [5, 5.41) is 5.83. The van der Waals surface area contributed by atoms with E-state index in [9.17, 15) is 0 Å². The number of fused-ring (bicyclic) bond motifs is 3. The normalized spacial score (nSPS) is 13.6. The van der Waals surface area contributed by atoms with Gasteiger partial charge in [-0.3, -0.25) is 0 Å². The predicted octanol–water partition coefficient (Wildman–Crippen LogP) is 9.24. The minimum atomic E-state index is -0.389. The number of hydrogen-bond acceptors (Lipinski definition) is 0. The van der Waals surface area contributed by atoms with E-state index in [-0.39, 0.29) is 35.8 Å². The van der Waals surface area contributed by atoms with Crippen LogP contribution in [0.5, 0.6) is 0 Å². The molecule has 0 aliphatic rings. The van der Waals surface area contributed by atoms with Gasteiger partial charge in [-0.05, 0) is 66.7 Å². The minimum Gasteiger partial charge on any atom is -0.0622 e. The van der Waals surface area contributed by atoms with E-state index in [0.29, 0.717) is 5.56 Å². The van der Waals surface area contributed by atoms with Crippen LogP contribution < -0.4 is 0 Å². The highest BCUT2D eigenvalue weighted by molar-refractivity contribution is 9.10. The van der Waals surface area contributed by atoms with Gasteiger partial charge in [0.15, 0.2) is 0 Å². The van der Waals surface area contributed by atoms with E-state index in [2.05, 4.69) is 40.2 Å². The molecule has 0 amide bonds. The summed E-state index contributed by atoms with van der Waals surface area (Å²) in [5.41, 5.74) is 3.00. The zero-order valence-electron chi connectivity index (χ0n) is 21.5. The van der Waals surface area contributed by atoms with Gasteiger partial charge in [0.25, 0.3) is 0 Å². The van der Waals surface area contributed by atoms with Crippen LogP contribution in [0.3, 0.4) is 0 Å². The monoisotopic (exact) mass is 463 g/mol. The van der Waals surface area contributed by atoms with Crippen LogP contribution in [0.1, 0.15) is 6.85 Å². The Hall–Kier alpha value is -3.42. The summed E-state index contributed by atoms with van der Waals surface area (Å²) in [7, 11) is 0. The standard InChI is InChI=1S/C30H19Br/c31-22-18-21-12-4-5-13-23(21)28(19-22)30-26-16-8-6-14-24(26)29(20-10-2-1-3-11-20)25-15-7-9-17-27(25)30/h1-19H/i1D,2D,3D,10D,11D. The van der Waals surface area contributed by atoms with Crippen LogP contribution in [0.15, 0.2) is 120 Å². The van der Waals surface area contributed by atoms with E-state index < -0.39 is 0 Å². The number of hydrogen-bond donors (Lipinski definition) is 0. The highest BCUT2D eigenvalue weighted by atomic mass is 79.9. The van der Waals surface area contributed by atoms with Crippen LogP contribution in [0.25, 0.3) is 54.6 Å². The van der Waals surface area contributed by atoms with Crippen molar-refractivity contribution in [2.45, 2.75) is 0 Å². The molecule has 0 fully saturated rings. The van der Waals surface area contributed by atoms with Crippen molar-refractivity contribution in [1.82, 2.24) is 0 Å². The van der Waals surface area contributed by atoms with Crippen molar-refractivity contribution in [2.75, 3.05) is 0 Å². The van der Waals surface area contributed by atoms with Gasteiger partial charge in [0.05, 0.1) is 6.85 Å². The van der Waals surface area contributed by atoms with E-state index in [1.54, 1.807) is 0 Å². The summed E-state index contributed by atoms with van der Waals surface area (Å²) >= 11 is 3.69. The molecule has 1 heteroatoms. The number of halogens is 1. The molecular weight excluding hydrogens is 440 g/mol.